The molecule has 0 saturated heterocycles. The summed E-state index contributed by atoms with van der Waals surface area (Å²) >= 11 is 0. The molecule has 0 atom stereocenters. The minimum absolute atomic E-state index is 0.116. The van der Waals surface area contributed by atoms with Crippen molar-refractivity contribution in [3.63, 3.8) is 0 Å². The van der Waals surface area contributed by atoms with E-state index in [1.807, 2.05) is 24.3 Å². The Morgan fingerprint density at radius 2 is 1.33 bits per heavy atom. The molecule has 0 unspecified atom stereocenters. The van der Waals surface area contributed by atoms with Crippen molar-refractivity contribution in [2.24, 2.45) is 0 Å². The Kier molecular flexibility index (Phi) is 10.1. The molecule has 0 amide bonds. The van der Waals surface area contributed by atoms with Crippen molar-refractivity contribution in [2.75, 3.05) is 6.61 Å². The molecule has 1 rings (SSSR count). The Labute approximate surface area is 146 Å². The van der Waals surface area contributed by atoms with E-state index in [1.165, 1.54) is 58.8 Å². The number of ether oxygens (including phenoxy) is 1. The van der Waals surface area contributed by atoms with Gasteiger partial charge in [0.05, 0.1) is 6.61 Å². The minimum atomic E-state index is -0.647. The maximum absolute atomic E-state index is 11.6. The predicted octanol–water partition coefficient (Wildman–Crippen LogP) is 5.47. The summed E-state index contributed by atoms with van der Waals surface area (Å²) in [4.78, 5) is 23.1. The van der Waals surface area contributed by atoms with E-state index in [2.05, 4.69) is 6.92 Å². The van der Waals surface area contributed by atoms with Gasteiger partial charge in [-0.05, 0) is 38.0 Å². The first-order valence-electron chi connectivity index (χ1n) is 9.30. The van der Waals surface area contributed by atoms with Crippen molar-refractivity contribution in [3.8, 4) is 5.75 Å². The quantitative estimate of drug-likeness (QED) is 0.355. The Morgan fingerprint density at radius 3 is 1.83 bits per heavy atom. The number of benzene rings is 1. The Hall–Kier alpha value is -1.64. The summed E-state index contributed by atoms with van der Waals surface area (Å²) in [5.41, 5.74) is 0.745. The average molecular weight is 332 g/mol. The number of hydrogen-bond acceptors (Lipinski definition) is 3. The Bertz CT molecular complexity index is 476. The highest BCUT2D eigenvalue weighted by atomic mass is 16.5. The van der Waals surface area contributed by atoms with E-state index in [4.69, 9.17) is 4.74 Å². The average Bonchev–Trinajstić information content (AvgIpc) is 2.54. The highest BCUT2D eigenvalue weighted by molar-refractivity contribution is 6.05. The maximum Gasteiger partial charge on any atom is 0.144 e. The van der Waals surface area contributed by atoms with Gasteiger partial charge in [-0.15, -0.1) is 0 Å². The lowest BCUT2D eigenvalue weighted by Gasteiger charge is -2.12. The van der Waals surface area contributed by atoms with E-state index in [0.29, 0.717) is 0 Å². The standard InChI is InChI=1S/C21H32O3/c1-4-5-6-7-8-9-10-11-16-24-20-14-12-19(13-15-20)21(17(2)22)18(3)23/h12-15,21H,4-11,16H2,1-3H3. The molecule has 3 nitrogen and oxygen atoms in total. The van der Waals surface area contributed by atoms with Crippen molar-refractivity contribution < 1.29 is 14.3 Å². The molecule has 0 aliphatic carbocycles. The maximum atomic E-state index is 11.6. The van der Waals surface area contributed by atoms with Crippen LogP contribution in [0.3, 0.4) is 0 Å². The zero-order chi connectivity index (χ0) is 17.8. The monoisotopic (exact) mass is 332 g/mol. The Morgan fingerprint density at radius 1 is 0.833 bits per heavy atom. The molecule has 3 heteroatoms. The molecule has 0 aliphatic rings. The number of Topliss-reactive ketones (excluding diaryl/α,β-unsaturated/α-hetero) is 2. The van der Waals surface area contributed by atoms with Gasteiger partial charge < -0.3 is 4.74 Å². The van der Waals surface area contributed by atoms with Gasteiger partial charge in [-0.2, -0.15) is 0 Å². The third kappa shape index (κ3) is 7.76. The third-order valence-corrected chi connectivity index (χ3v) is 4.29. The molecule has 1 aromatic rings. The van der Waals surface area contributed by atoms with Crippen LogP contribution in [0.1, 0.15) is 83.6 Å². The summed E-state index contributed by atoms with van der Waals surface area (Å²) in [7, 11) is 0. The number of carbonyl (C=O) groups excluding carboxylic acids is 2. The van der Waals surface area contributed by atoms with E-state index in [9.17, 15) is 9.59 Å². The molecule has 0 fully saturated rings. The van der Waals surface area contributed by atoms with Crippen LogP contribution in [-0.2, 0) is 9.59 Å². The van der Waals surface area contributed by atoms with E-state index in [-0.39, 0.29) is 11.6 Å². The number of rotatable bonds is 13. The first-order chi connectivity index (χ1) is 11.6. The second kappa shape index (κ2) is 11.8. The normalized spacial score (nSPS) is 10.8. The van der Waals surface area contributed by atoms with Crippen LogP contribution in [0.15, 0.2) is 24.3 Å². The van der Waals surface area contributed by atoms with Gasteiger partial charge in [0.25, 0.3) is 0 Å². The molecule has 0 radical (unpaired) electrons. The zero-order valence-corrected chi connectivity index (χ0v) is 15.5. The molecule has 0 aromatic heterocycles. The van der Waals surface area contributed by atoms with Crippen molar-refractivity contribution >= 4 is 11.6 Å². The van der Waals surface area contributed by atoms with Gasteiger partial charge in [0.2, 0.25) is 0 Å². The first-order valence-corrected chi connectivity index (χ1v) is 9.30. The minimum Gasteiger partial charge on any atom is -0.494 e. The fraction of sp³-hybridized carbons (Fsp3) is 0.619. The van der Waals surface area contributed by atoms with Crippen LogP contribution < -0.4 is 4.74 Å². The summed E-state index contributed by atoms with van der Waals surface area (Å²) in [6.45, 7) is 5.87. The second-order valence-corrected chi connectivity index (χ2v) is 6.55. The SMILES string of the molecule is CCCCCCCCCCOc1ccc(C(C(C)=O)C(C)=O)cc1. The lowest BCUT2D eigenvalue weighted by atomic mass is 9.92. The van der Waals surface area contributed by atoms with Gasteiger partial charge in [0.15, 0.2) is 0 Å². The molecule has 0 N–H and O–H groups in total. The third-order valence-electron chi connectivity index (χ3n) is 4.29. The number of unbranched alkanes of at least 4 members (excludes halogenated alkanes) is 7. The lowest BCUT2D eigenvalue weighted by molar-refractivity contribution is -0.126. The number of ketones is 2. The van der Waals surface area contributed by atoms with E-state index >= 15 is 0 Å². The molecule has 0 saturated carbocycles. The van der Waals surface area contributed by atoms with E-state index in [1.54, 1.807) is 0 Å². The van der Waals surface area contributed by atoms with Gasteiger partial charge >= 0.3 is 0 Å². The summed E-state index contributed by atoms with van der Waals surface area (Å²) in [5, 5.41) is 0. The van der Waals surface area contributed by atoms with E-state index in [0.717, 1.165) is 24.3 Å². The van der Waals surface area contributed by atoms with Crippen molar-refractivity contribution in [2.45, 2.75) is 78.1 Å². The van der Waals surface area contributed by atoms with E-state index < -0.39 is 5.92 Å². The molecule has 0 aliphatic heterocycles. The fourth-order valence-corrected chi connectivity index (χ4v) is 2.94. The smallest absolute Gasteiger partial charge is 0.144 e. The van der Waals surface area contributed by atoms with Crippen LogP contribution in [0.2, 0.25) is 0 Å². The first kappa shape index (κ1) is 20.4. The van der Waals surface area contributed by atoms with Crippen LogP contribution in [0, 0.1) is 0 Å². The van der Waals surface area contributed by atoms with Crippen LogP contribution in [-0.4, -0.2) is 18.2 Å². The highest BCUT2D eigenvalue weighted by Gasteiger charge is 2.21. The van der Waals surface area contributed by atoms with Gasteiger partial charge in [-0.3, -0.25) is 9.59 Å². The number of hydrogen-bond donors (Lipinski definition) is 0. The van der Waals surface area contributed by atoms with Crippen LogP contribution in [0.5, 0.6) is 5.75 Å². The molecule has 0 spiro atoms. The van der Waals surface area contributed by atoms with Crippen molar-refractivity contribution in [3.05, 3.63) is 29.8 Å². The summed E-state index contributed by atoms with van der Waals surface area (Å²) < 4.78 is 5.74. The molecule has 0 bridgehead atoms. The molecule has 1 aromatic carbocycles. The molecule has 24 heavy (non-hydrogen) atoms. The van der Waals surface area contributed by atoms with Crippen molar-refractivity contribution in [1.29, 1.82) is 0 Å². The molecule has 0 heterocycles. The van der Waals surface area contributed by atoms with Crippen LogP contribution in [0.4, 0.5) is 0 Å². The zero-order valence-electron chi connectivity index (χ0n) is 15.5. The molecular formula is C21H32O3. The number of carbonyl (C=O) groups is 2. The Balaban J connectivity index is 2.25. The van der Waals surface area contributed by atoms with Crippen LogP contribution in [0.25, 0.3) is 0 Å². The second-order valence-electron chi connectivity index (χ2n) is 6.55. The predicted molar refractivity (Wildman–Crippen MR) is 98.7 cm³/mol. The fourth-order valence-electron chi connectivity index (χ4n) is 2.94. The molecule has 134 valence electrons. The summed E-state index contributed by atoms with van der Waals surface area (Å²) in [6, 6.07) is 7.32. The van der Waals surface area contributed by atoms with Crippen LogP contribution >= 0.6 is 0 Å². The van der Waals surface area contributed by atoms with Gasteiger partial charge in [0.1, 0.15) is 23.2 Å². The molecular weight excluding hydrogens is 300 g/mol. The topological polar surface area (TPSA) is 43.4 Å². The van der Waals surface area contributed by atoms with Gasteiger partial charge in [-0.25, -0.2) is 0 Å². The largest absolute Gasteiger partial charge is 0.494 e. The van der Waals surface area contributed by atoms with Gasteiger partial charge in [-0.1, -0.05) is 64.0 Å². The van der Waals surface area contributed by atoms with Gasteiger partial charge in [0, 0.05) is 0 Å². The summed E-state index contributed by atoms with van der Waals surface area (Å²) in [5.74, 6) is -0.0791. The lowest BCUT2D eigenvalue weighted by Crippen LogP contribution is -2.16. The van der Waals surface area contributed by atoms with Crippen molar-refractivity contribution in [1.82, 2.24) is 0 Å². The highest BCUT2D eigenvalue weighted by Crippen LogP contribution is 2.21. The summed E-state index contributed by atoms with van der Waals surface area (Å²) in [6.07, 6.45) is 10.3.